The SMILES string of the molecule is CCCNC(=O)c1csc(CSc2nnc(-c3ccccc3Cl)n2-c2ccccc2C)n1. The van der Waals surface area contributed by atoms with Gasteiger partial charge in [0.25, 0.3) is 5.91 Å². The van der Waals surface area contributed by atoms with E-state index in [-0.39, 0.29) is 5.91 Å². The largest absolute Gasteiger partial charge is 0.351 e. The van der Waals surface area contributed by atoms with E-state index in [9.17, 15) is 4.79 Å². The number of aryl methyl sites for hydroxylation is 1. The lowest BCUT2D eigenvalue weighted by Crippen LogP contribution is -2.24. The van der Waals surface area contributed by atoms with Crippen molar-refractivity contribution in [2.24, 2.45) is 0 Å². The van der Waals surface area contributed by atoms with E-state index in [1.54, 1.807) is 5.38 Å². The molecule has 0 saturated carbocycles. The number of benzene rings is 2. The van der Waals surface area contributed by atoms with Gasteiger partial charge >= 0.3 is 0 Å². The predicted octanol–water partition coefficient (Wildman–Crippen LogP) is 5.78. The van der Waals surface area contributed by atoms with Crippen LogP contribution in [-0.2, 0) is 5.75 Å². The molecule has 0 radical (unpaired) electrons. The molecule has 0 aliphatic carbocycles. The third-order valence-electron chi connectivity index (χ3n) is 4.75. The van der Waals surface area contributed by atoms with Gasteiger partial charge in [0.2, 0.25) is 0 Å². The van der Waals surface area contributed by atoms with Crippen molar-refractivity contribution >= 4 is 40.6 Å². The minimum absolute atomic E-state index is 0.136. The Balaban J connectivity index is 1.64. The number of thioether (sulfide) groups is 1. The van der Waals surface area contributed by atoms with Crippen molar-refractivity contribution in [1.29, 1.82) is 0 Å². The van der Waals surface area contributed by atoms with Crippen molar-refractivity contribution < 1.29 is 4.79 Å². The van der Waals surface area contributed by atoms with Crippen LogP contribution in [0.2, 0.25) is 5.02 Å². The van der Waals surface area contributed by atoms with Crippen LogP contribution in [0.4, 0.5) is 0 Å². The minimum atomic E-state index is -0.136. The molecule has 0 aliphatic heterocycles. The zero-order chi connectivity index (χ0) is 22.5. The summed E-state index contributed by atoms with van der Waals surface area (Å²) in [5, 5.41) is 15.8. The molecule has 0 aliphatic rings. The summed E-state index contributed by atoms with van der Waals surface area (Å²) in [5.74, 6) is 1.13. The fraction of sp³-hybridized carbons (Fsp3) is 0.217. The molecule has 2 aromatic carbocycles. The van der Waals surface area contributed by atoms with E-state index >= 15 is 0 Å². The normalized spacial score (nSPS) is 11.0. The Hall–Kier alpha value is -2.68. The van der Waals surface area contributed by atoms with E-state index in [2.05, 4.69) is 33.5 Å². The third kappa shape index (κ3) is 4.87. The molecule has 6 nitrogen and oxygen atoms in total. The molecular weight excluding hydrogens is 462 g/mol. The molecule has 1 N–H and O–H groups in total. The lowest BCUT2D eigenvalue weighted by molar-refractivity contribution is 0.0949. The topological polar surface area (TPSA) is 72.7 Å². The number of nitrogens with zero attached hydrogens (tertiary/aromatic N) is 4. The van der Waals surface area contributed by atoms with Crippen molar-refractivity contribution in [3.8, 4) is 17.1 Å². The van der Waals surface area contributed by atoms with E-state index in [0.29, 0.717) is 28.8 Å². The van der Waals surface area contributed by atoms with Crippen LogP contribution in [-0.4, -0.2) is 32.2 Å². The highest BCUT2D eigenvalue weighted by molar-refractivity contribution is 7.98. The monoisotopic (exact) mass is 483 g/mol. The summed E-state index contributed by atoms with van der Waals surface area (Å²) in [7, 11) is 0. The Morgan fingerprint density at radius 2 is 1.94 bits per heavy atom. The zero-order valence-corrected chi connectivity index (χ0v) is 20.1. The summed E-state index contributed by atoms with van der Waals surface area (Å²) < 4.78 is 2.03. The number of para-hydroxylation sites is 1. The van der Waals surface area contributed by atoms with Gasteiger partial charge in [-0.15, -0.1) is 21.5 Å². The predicted molar refractivity (Wildman–Crippen MR) is 131 cm³/mol. The summed E-state index contributed by atoms with van der Waals surface area (Å²) >= 11 is 9.47. The molecule has 2 heterocycles. The number of thiazole rings is 1. The number of halogens is 1. The molecular formula is C23H22ClN5OS2. The number of aromatic nitrogens is 4. The second-order valence-corrected chi connectivity index (χ2v) is 9.37. The Morgan fingerprint density at radius 1 is 1.16 bits per heavy atom. The number of amides is 1. The third-order valence-corrected chi connectivity index (χ3v) is 7.05. The first-order chi connectivity index (χ1) is 15.6. The molecule has 164 valence electrons. The van der Waals surface area contributed by atoms with Crippen LogP contribution in [0.3, 0.4) is 0 Å². The van der Waals surface area contributed by atoms with Gasteiger partial charge < -0.3 is 5.32 Å². The van der Waals surface area contributed by atoms with Crippen molar-refractivity contribution in [2.75, 3.05) is 6.54 Å². The molecule has 4 rings (SSSR count). The zero-order valence-electron chi connectivity index (χ0n) is 17.7. The molecule has 0 spiro atoms. The smallest absolute Gasteiger partial charge is 0.270 e. The molecule has 4 aromatic rings. The number of carbonyl (C=O) groups excluding carboxylic acids is 1. The molecule has 0 unspecified atom stereocenters. The second-order valence-electron chi connectivity index (χ2n) is 7.08. The lowest BCUT2D eigenvalue weighted by Gasteiger charge is -2.13. The highest BCUT2D eigenvalue weighted by atomic mass is 35.5. The van der Waals surface area contributed by atoms with Crippen LogP contribution < -0.4 is 5.32 Å². The number of rotatable bonds is 8. The summed E-state index contributed by atoms with van der Waals surface area (Å²) in [6.07, 6.45) is 0.890. The number of carbonyl (C=O) groups is 1. The number of hydrogen-bond donors (Lipinski definition) is 1. The van der Waals surface area contributed by atoms with Gasteiger partial charge in [-0.2, -0.15) is 0 Å². The van der Waals surface area contributed by atoms with Crippen molar-refractivity contribution in [2.45, 2.75) is 31.2 Å². The van der Waals surface area contributed by atoms with E-state index in [1.807, 2.05) is 54.0 Å². The number of nitrogens with one attached hydrogen (secondary N) is 1. The fourth-order valence-electron chi connectivity index (χ4n) is 3.15. The van der Waals surface area contributed by atoms with Gasteiger partial charge in [0.15, 0.2) is 11.0 Å². The summed E-state index contributed by atoms with van der Waals surface area (Å²) in [6.45, 7) is 4.72. The second kappa shape index (κ2) is 10.3. The molecule has 1 amide bonds. The quantitative estimate of drug-likeness (QED) is 0.321. The summed E-state index contributed by atoms with van der Waals surface area (Å²) in [5.41, 5.74) is 3.37. The first-order valence-corrected chi connectivity index (χ1v) is 12.4. The Bertz CT molecular complexity index is 1240. The van der Waals surface area contributed by atoms with Crippen molar-refractivity contribution in [3.63, 3.8) is 0 Å². The maximum atomic E-state index is 12.1. The van der Waals surface area contributed by atoms with Crippen molar-refractivity contribution in [1.82, 2.24) is 25.1 Å². The van der Waals surface area contributed by atoms with Gasteiger partial charge in [-0.1, -0.05) is 60.6 Å². The lowest BCUT2D eigenvalue weighted by atomic mass is 10.1. The van der Waals surface area contributed by atoms with Gasteiger partial charge in [0.1, 0.15) is 10.7 Å². The van der Waals surface area contributed by atoms with E-state index < -0.39 is 0 Å². The van der Waals surface area contributed by atoms with Crippen LogP contribution in [0.1, 0.15) is 34.4 Å². The Labute approximate surface area is 200 Å². The van der Waals surface area contributed by atoms with Gasteiger partial charge in [0.05, 0.1) is 16.5 Å². The average Bonchev–Trinajstić information content (AvgIpc) is 3.44. The maximum Gasteiger partial charge on any atom is 0.270 e. The standard InChI is InChI=1S/C23H22ClN5OS2/c1-3-12-25-22(30)18-13-31-20(26-18)14-32-23-28-27-21(16-9-5-6-10-17(16)24)29(23)19-11-7-4-8-15(19)2/h4-11,13H,3,12,14H2,1-2H3,(H,25,30). The fourth-order valence-corrected chi connectivity index (χ4v) is 5.11. The van der Waals surface area contributed by atoms with E-state index in [4.69, 9.17) is 11.6 Å². The van der Waals surface area contributed by atoms with Gasteiger partial charge in [0, 0.05) is 17.5 Å². The van der Waals surface area contributed by atoms with Gasteiger partial charge in [-0.25, -0.2) is 4.98 Å². The first kappa shape index (κ1) is 22.5. The molecule has 0 fully saturated rings. The van der Waals surface area contributed by atoms with Crippen LogP contribution in [0.15, 0.2) is 59.1 Å². The van der Waals surface area contributed by atoms with Gasteiger partial charge in [-0.05, 0) is 37.1 Å². The molecule has 9 heteroatoms. The van der Waals surface area contributed by atoms with Gasteiger partial charge in [-0.3, -0.25) is 9.36 Å². The molecule has 32 heavy (non-hydrogen) atoms. The van der Waals surface area contributed by atoms with E-state index in [1.165, 1.54) is 23.1 Å². The van der Waals surface area contributed by atoms with Crippen LogP contribution in [0.25, 0.3) is 17.1 Å². The number of hydrogen-bond acceptors (Lipinski definition) is 6. The molecule has 0 atom stereocenters. The maximum absolute atomic E-state index is 12.1. The average molecular weight is 484 g/mol. The Morgan fingerprint density at radius 3 is 2.72 bits per heavy atom. The summed E-state index contributed by atoms with van der Waals surface area (Å²) in [4.78, 5) is 16.6. The molecule has 0 saturated heterocycles. The van der Waals surface area contributed by atoms with Crippen LogP contribution >= 0.6 is 34.7 Å². The van der Waals surface area contributed by atoms with E-state index in [0.717, 1.165) is 33.4 Å². The Kier molecular flexibility index (Phi) is 7.24. The van der Waals surface area contributed by atoms with Crippen molar-refractivity contribution in [3.05, 3.63) is 75.2 Å². The highest BCUT2D eigenvalue weighted by Crippen LogP contribution is 2.34. The first-order valence-electron chi connectivity index (χ1n) is 10.2. The highest BCUT2D eigenvalue weighted by Gasteiger charge is 2.20. The minimum Gasteiger partial charge on any atom is -0.351 e. The summed E-state index contributed by atoms with van der Waals surface area (Å²) in [6, 6.07) is 15.7. The van der Waals surface area contributed by atoms with Crippen LogP contribution in [0, 0.1) is 6.92 Å². The molecule has 2 aromatic heterocycles. The van der Waals surface area contributed by atoms with Crippen LogP contribution in [0.5, 0.6) is 0 Å². The molecule has 0 bridgehead atoms.